The Kier molecular flexibility index (Phi) is 4.65. The van der Waals surface area contributed by atoms with Crippen LogP contribution in [0.15, 0.2) is 36.8 Å². The van der Waals surface area contributed by atoms with Gasteiger partial charge in [-0.3, -0.25) is 9.48 Å². The maximum atomic E-state index is 14.5. The van der Waals surface area contributed by atoms with Crippen molar-refractivity contribution in [2.75, 3.05) is 13.1 Å². The molecule has 1 aliphatic heterocycles. The summed E-state index contributed by atoms with van der Waals surface area (Å²) in [4.78, 5) is 12.8. The number of nitrogens with zero attached hydrogens (tertiary/aromatic N) is 3. The minimum Gasteiger partial charge on any atom is -0.346 e. The Morgan fingerprint density at radius 3 is 3.00 bits per heavy atom. The highest BCUT2D eigenvalue weighted by Gasteiger charge is 2.28. The number of benzene rings is 1. The molecule has 1 amide bonds. The molecule has 1 aliphatic rings. The highest BCUT2D eigenvalue weighted by Crippen LogP contribution is 2.26. The van der Waals surface area contributed by atoms with Crippen LogP contribution in [0.1, 0.15) is 22.3 Å². The van der Waals surface area contributed by atoms with Crippen LogP contribution < -0.4 is 10.6 Å². The Labute approximate surface area is 155 Å². The topological polar surface area (TPSA) is 63.9 Å². The van der Waals surface area contributed by atoms with Crippen molar-refractivity contribution in [3.8, 4) is 0 Å². The molecule has 1 saturated heterocycles. The molecule has 27 heavy (non-hydrogen) atoms. The van der Waals surface area contributed by atoms with Crippen LogP contribution in [0.2, 0.25) is 0 Å². The first-order chi connectivity index (χ1) is 13.0. The lowest BCUT2D eigenvalue weighted by molar-refractivity contribution is 0.0893. The number of amides is 1. The number of carbonyl (C=O) groups excluding carboxylic acids is 1. The smallest absolute Gasteiger partial charge is 0.253 e. The van der Waals surface area contributed by atoms with Crippen molar-refractivity contribution in [1.82, 2.24) is 25.0 Å². The van der Waals surface area contributed by atoms with Gasteiger partial charge in [-0.25, -0.2) is 8.78 Å². The van der Waals surface area contributed by atoms with Gasteiger partial charge in [0, 0.05) is 36.9 Å². The number of aromatic nitrogens is 3. The van der Waals surface area contributed by atoms with Crippen LogP contribution in [0.5, 0.6) is 0 Å². The Bertz CT molecular complexity index is 980. The van der Waals surface area contributed by atoms with E-state index in [1.165, 1.54) is 6.07 Å². The lowest BCUT2D eigenvalue weighted by atomic mass is 10.0. The van der Waals surface area contributed by atoms with E-state index in [1.54, 1.807) is 29.2 Å². The average molecular weight is 373 g/mol. The number of hydrogen-bond acceptors (Lipinski definition) is 3. The number of hydrogen-bond donors (Lipinski definition) is 2. The first-order valence-electron chi connectivity index (χ1n) is 8.93. The molecule has 0 saturated carbocycles. The van der Waals surface area contributed by atoms with Gasteiger partial charge < -0.3 is 15.2 Å². The molecule has 2 aromatic heterocycles. The SMILES string of the molecule is Cn1cc(Cn2cc(C(=O)NC3CCNCC3F)c3c(F)cccc32)cn1. The van der Waals surface area contributed by atoms with E-state index in [4.69, 9.17) is 0 Å². The van der Waals surface area contributed by atoms with Crippen LogP contribution in [-0.4, -0.2) is 45.6 Å². The zero-order chi connectivity index (χ0) is 19.0. The molecule has 142 valence electrons. The van der Waals surface area contributed by atoms with Gasteiger partial charge in [-0.05, 0) is 25.1 Å². The van der Waals surface area contributed by atoms with Gasteiger partial charge in [0.05, 0.1) is 29.9 Å². The lowest BCUT2D eigenvalue weighted by Gasteiger charge is -2.27. The molecular formula is C19H21F2N5O. The van der Waals surface area contributed by atoms with Crippen molar-refractivity contribution in [2.24, 2.45) is 7.05 Å². The summed E-state index contributed by atoms with van der Waals surface area (Å²) in [5.41, 5.74) is 1.77. The number of piperidine rings is 1. The second-order valence-corrected chi connectivity index (χ2v) is 6.92. The highest BCUT2D eigenvalue weighted by molar-refractivity contribution is 6.07. The van der Waals surface area contributed by atoms with Gasteiger partial charge in [0.2, 0.25) is 0 Å². The fourth-order valence-electron chi connectivity index (χ4n) is 3.59. The molecular weight excluding hydrogens is 352 g/mol. The van der Waals surface area contributed by atoms with Crippen LogP contribution in [-0.2, 0) is 13.6 Å². The summed E-state index contributed by atoms with van der Waals surface area (Å²) < 4.78 is 32.1. The Morgan fingerprint density at radius 1 is 1.41 bits per heavy atom. The Hall–Kier alpha value is -2.74. The van der Waals surface area contributed by atoms with Gasteiger partial charge in [0.1, 0.15) is 12.0 Å². The molecule has 0 bridgehead atoms. The molecule has 0 spiro atoms. The summed E-state index contributed by atoms with van der Waals surface area (Å²) in [6.45, 7) is 1.31. The zero-order valence-corrected chi connectivity index (χ0v) is 15.0. The van der Waals surface area contributed by atoms with Crippen molar-refractivity contribution in [2.45, 2.75) is 25.2 Å². The maximum Gasteiger partial charge on any atom is 0.253 e. The number of rotatable bonds is 4. The van der Waals surface area contributed by atoms with Gasteiger partial charge >= 0.3 is 0 Å². The zero-order valence-electron chi connectivity index (χ0n) is 15.0. The summed E-state index contributed by atoms with van der Waals surface area (Å²) >= 11 is 0. The van der Waals surface area contributed by atoms with Crippen LogP contribution in [0.3, 0.4) is 0 Å². The van der Waals surface area contributed by atoms with Gasteiger partial charge in [-0.2, -0.15) is 5.10 Å². The van der Waals surface area contributed by atoms with Crippen LogP contribution >= 0.6 is 0 Å². The Balaban J connectivity index is 1.68. The second-order valence-electron chi connectivity index (χ2n) is 6.92. The molecule has 0 radical (unpaired) electrons. The van der Waals surface area contributed by atoms with Gasteiger partial charge in [0.15, 0.2) is 0 Å². The first kappa shape index (κ1) is 17.7. The monoisotopic (exact) mass is 373 g/mol. The molecule has 2 atom stereocenters. The van der Waals surface area contributed by atoms with E-state index in [0.29, 0.717) is 25.0 Å². The molecule has 0 aliphatic carbocycles. The quantitative estimate of drug-likeness (QED) is 0.735. The Morgan fingerprint density at radius 2 is 2.26 bits per heavy atom. The minimum absolute atomic E-state index is 0.210. The third-order valence-corrected chi connectivity index (χ3v) is 4.94. The van der Waals surface area contributed by atoms with E-state index in [0.717, 1.165) is 5.56 Å². The maximum absolute atomic E-state index is 14.5. The standard InChI is InChI=1S/C19H21F2N5O/c1-25-9-12(7-23-25)10-26-11-13(18-14(20)3-2-4-17(18)26)19(27)24-16-5-6-22-8-15(16)21/h2-4,7,9,11,15-16,22H,5-6,8,10H2,1H3,(H,24,27). The van der Waals surface area contributed by atoms with Gasteiger partial charge in [0.25, 0.3) is 5.91 Å². The van der Waals surface area contributed by atoms with Gasteiger partial charge in [-0.1, -0.05) is 6.07 Å². The van der Waals surface area contributed by atoms with E-state index < -0.39 is 23.9 Å². The normalized spacial score (nSPS) is 20.1. The van der Waals surface area contributed by atoms with E-state index in [1.807, 2.05) is 17.8 Å². The first-order valence-corrected chi connectivity index (χ1v) is 8.93. The summed E-state index contributed by atoms with van der Waals surface area (Å²) in [7, 11) is 1.82. The predicted octanol–water partition coefficient (Wildman–Crippen LogP) is 1.99. The molecule has 3 heterocycles. The largest absolute Gasteiger partial charge is 0.346 e. The summed E-state index contributed by atoms with van der Waals surface area (Å²) in [5, 5.41) is 10.1. The predicted molar refractivity (Wildman–Crippen MR) is 97.8 cm³/mol. The van der Waals surface area contributed by atoms with Crippen molar-refractivity contribution in [3.63, 3.8) is 0 Å². The van der Waals surface area contributed by atoms with Crippen molar-refractivity contribution >= 4 is 16.8 Å². The molecule has 2 N–H and O–H groups in total. The number of halogens is 2. The molecule has 8 heteroatoms. The number of alkyl halides is 1. The second kappa shape index (κ2) is 7.11. The third-order valence-electron chi connectivity index (χ3n) is 4.94. The summed E-state index contributed by atoms with van der Waals surface area (Å²) in [6, 6.07) is 4.15. The minimum atomic E-state index is -1.16. The average Bonchev–Trinajstić information content (AvgIpc) is 3.22. The molecule has 4 rings (SSSR count). The molecule has 6 nitrogen and oxygen atoms in total. The van der Waals surface area contributed by atoms with E-state index in [-0.39, 0.29) is 17.5 Å². The molecule has 1 aromatic carbocycles. The summed E-state index contributed by atoms with van der Waals surface area (Å²) in [5.74, 6) is -0.922. The van der Waals surface area contributed by atoms with E-state index >= 15 is 0 Å². The van der Waals surface area contributed by atoms with Crippen molar-refractivity contribution < 1.29 is 13.6 Å². The van der Waals surface area contributed by atoms with E-state index in [2.05, 4.69) is 15.7 Å². The highest BCUT2D eigenvalue weighted by atomic mass is 19.1. The van der Waals surface area contributed by atoms with E-state index in [9.17, 15) is 13.6 Å². The molecule has 3 aromatic rings. The number of nitrogens with one attached hydrogen (secondary N) is 2. The van der Waals surface area contributed by atoms with Crippen molar-refractivity contribution in [3.05, 3.63) is 53.7 Å². The van der Waals surface area contributed by atoms with Crippen LogP contribution in [0.4, 0.5) is 8.78 Å². The van der Waals surface area contributed by atoms with Gasteiger partial charge in [-0.15, -0.1) is 0 Å². The van der Waals surface area contributed by atoms with Crippen molar-refractivity contribution in [1.29, 1.82) is 0 Å². The number of fused-ring (bicyclic) bond motifs is 1. The van der Waals surface area contributed by atoms with Crippen LogP contribution in [0, 0.1) is 5.82 Å². The third kappa shape index (κ3) is 3.44. The molecule has 1 fully saturated rings. The fraction of sp³-hybridized carbons (Fsp3) is 0.368. The summed E-state index contributed by atoms with van der Waals surface area (Å²) in [6.07, 6.45) is 4.58. The number of carbonyl (C=O) groups is 1. The number of aryl methyl sites for hydroxylation is 1. The fourth-order valence-corrected chi connectivity index (χ4v) is 3.59. The lowest BCUT2D eigenvalue weighted by Crippen LogP contribution is -2.50. The van der Waals surface area contributed by atoms with Crippen LogP contribution in [0.25, 0.3) is 10.9 Å². The molecule has 2 unspecified atom stereocenters.